The van der Waals surface area contributed by atoms with Gasteiger partial charge in [-0.25, -0.2) is 4.79 Å². The van der Waals surface area contributed by atoms with Crippen molar-refractivity contribution in [2.24, 2.45) is 0 Å². The summed E-state index contributed by atoms with van der Waals surface area (Å²) in [6.45, 7) is 1.33. The zero-order valence-corrected chi connectivity index (χ0v) is 14.2. The number of phenols is 1. The molecule has 0 aliphatic carbocycles. The molecular formula is C18H18O7. The molecule has 132 valence electrons. The third-order valence-corrected chi connectivity index (χ3v) is 3.72. The molecule has 0 bridgehead atoms. The number of carbonyl (C=O) groups is 2. The van der Waals surface area contributed by atoms with E-state index in [1.807, 2.05) is 0 Å². The van der Waals surface area contributed by atoms with E-state index in [-0.39, 0.29) is 39.9 Å². The second kappa shape index (κ2) is 7.12. The number of hydrogen-bond donors (Lipinski definition) is 2. The molecule has 0 aliphatic rings. The summed E-state index contributed by atoms with van der Waals surface area (Å²) in [5, 5.41) is 19.3. The fourth-order valence-corrected chi connectivity index (χ4v) is 2.57. The van der Waals surface area contributed by atoms with Gasteiger partial charge in [-0.3, -0.25) is 4.79 Å². The standard InChI is InChI=1S/C18H18O7/c1-9(19)11-7-10(5-6-14(11)20)12-8-13(18(21)22)16(24-3)17(25-4)15(12)23-2/h5-8,20H,1-4H3,(H,21,22). The Balaban J connectivity index is 2.85. The second-order valence-corrected chi connectivity index (χ2v) is 5.16. The lowest BCUT2D eigenvalue weighted by Crippen LogP contribution is -2.05. The monoisotopic (exact) mass is 346 g/mol. The van der Waals surface area contributed by atoms with Crippen LogP contribution in [0.3, 0.4) is 0 Å². The minimum Gasteiger partial charge on any atom is -0.507 e. The summed E-state index contributed by atoms with van der Waals surface area (Å²) < 4.78 is 15.8. The van der Waals surface area contributed by atoms with Crippen LogP contribution < -0.4 is 14.2 Å². The lowest BCUT2D eigenvalue weighted by molar-refractivity contribution is 0.0692. The van der Waals surface area contributed by atoms with Crippen molar-refractivity contribution in [2.75, 3.05) is 21.3 Å². The molecular weight excluding hydrogens is 328 g/mol. The summed E-state index contributed by atoms with van der Waals surface area (Å²) in [5.74, 6) is -1.28. The van der Waals surface area contributed by atoms with Crippen LogP contribution in [0.25, 0.3) is 11.1 Å². The van der Waals surface area contributed by atoms with Crippen LogP contribution in [0.1, 0.15) is 27.6 Å². The van der Waals surface area contributed by atoms with Crippen LogP contribution in [0, 0.1) is 0 Å². The molecule has 2 N–H and O–H groups in total. The molecule has 0 aromatic heterocycles. The minimum atomic E-state index is -1.20. The second-order valence-electron chi connectivity index (χ2n) is 5.16. The first kappa shape index (κ1) is 18.1. The normalized spacial score (nSPS) is 10.2. The molecule has 0 atom stereocenters. The molecule has 7 heteroatoms. The van der Waals surface area contributed by atoms with Crippen molar-refractivity contribution < 1.29 is 34.0 Å². The van der Waals surface area contributed by atoms with Crippen molar-refractivity contribution in [2.45, 2.75) is 6.92 Å². The Labute approximate surface area is 144 Å². The Morgan fingerprint density at radius 1 is 0.880 bits per heavy atom. The first-order chi connectivity index (χ1) is 11.8. The Hall–Kier alpha value is -3.22. The van der Waals surface area contributed by atoms with E-state index in [1.165, 1.54) is 46.5 Å². The highest BCUT2D eigenvalue weighted by atomic mass is 16.5. The lowest BCUT2D eigenvalue weighted by Gasteiger charge is -2.18. The summed E-state index contributed by atoms with van der Waals surface area (Å²) >= 11 is 0. The number of ketones is 1. The smallest absolute Gasteiger partial charge is 0.339 e. The highest BCUT2D eigenvalue weighted by Gasteiger charge is 2.25. The molecule has 0 radical (unpaired) electrons. The van der Waals surface area contributed by atoms with Gasteiger partial charge in [0, 0.05) is 5.56 Å². The molecule has 0 unspecified atom stereocenters. The highest BCUT2D eigenvalue weighted by molar-refractivity contribution is 5.99. The van der Waals surface area contributed by atoms with Crippen molar-refractivity contribution in [1.82, 2.24) is 0 Å². The zero-order chi connectivity index (χ0) is 18.7. The predicted octanol–water partition coefficient (Wildman–Crippen LogP) is 2.99. The van der Waals surface area contributed by atoms with Gasteiger partial charge in [0.2, 0.25) is 5.75 Å². The van der Waals surface area contributed by atoms with E-state index >= 15 is 0 Å². The predicted molar refractivity (Wildman–Crippen MR) is 90.2 cm³/mol. The summed E-state index contributed by atoms with van der Waals surface area (Å²) in [6, 6.07) is 5.76. The van der Waals surface area contributed by atoms with Gasteiger partial charge in [0.05, 0.1) is 26.9 Å². The zero-order valence-electron chi connectivity index (χ0n) is 14.2. The lowest BCUT2D eigenvalue weighted by atomic mass is 9.97. The van der Waals surface area contributed by atoms with Gasteiger partial charge in [-0.05, 0) is 30.7 Å². The van der Waals surface area contributed by atoms with Gasteiger partial charge in [-0.1, -0.05) is 6.07 Å². The number of aromatic hydroxyl groups is 1. The fourth-order valence-electron chi connectivity index (χ4n) is 2.57. The van der Waals surface area contributed by atoms with E-state index in [2.05, 4.69) is 0 Å². The molecule has 2 rings (SSSR count). The van der Waals surface area contributed by atoms with Crippen molar-refractivity contribution in [3.8, 4) is 34.1 Å². The van der Waals surface area contributed by atoms with Gasteiger partial charge >= 0.3 is 5.97 Å². The van der Waals surface area contributed by atoms with E-state index in [0.29, 0.717) is 11.1 Å². The third kappa shape index (κ3) is 3.21. The molecule has 0 saturated carbocycles. The molecule has 0 heterocycles. The number of methoxy groups -OCH3 is 3. The average Bonchev–Trinajstić information content (AvgIpc) is 2.59. The van der Waals surface area contributed by atoms with Crippen molar-refractivity contribution in [1.29, 1.82) is 0 Å². The van der Waals surface area contributed by atoms with E-state index in [0.717, 1.165) is 0 Å². The summed E-state index contributed by atoms with van der Waals surface area (Å²) in [4.78, 5) is 23.3. The summed E-state index contributed by atoms with van der Waals surface area (Å²) in [6.07, 6.45) is 0. The Bertz CT molecular complexity index is 840. The van der Waals surface area contributed by atoms with Crippen LogP contribution >= 0.6 is 0 Å². The van der Waals surface area contributed by atoms with E-state index in [9.17, 15) is 19.8 Å². The molecule has 0 spiro atoms. The maximum Gasteiger partial charge on any atom is 0.339 e. The number of carbonyl (C=O) groups excluding carboxylic acids is 1. The minimum absolute atomic E-state index is 0.0289. The van der Waals surface area contributed by atoms with E-state index in [1.54, 1.807) is 6.07 Å². The number of Topliss-reactive ketones (excluding diaryl/α,β-unsaturated/α-hetero) is 1. The number of hydrogen-bond acceptors (Lipinski definition) is 6. The van der Waals surface area contributed by atoms with Crippen LogP contribution in [0.2, 0.25) is 0 Å². The largest absolute Gasteiger partial charge is 0.507 e. The van der Waals surface area contributed by atoms with E-state index < -0.39 is 5.97 Å². The molecule has 0 fully saturated rings. The Kier molecular flexibility index (Phi) is 5.17. The number of aromatic carboxylic acids is 1. The molecule has 0 saturated heterocycles. The summed E-state index contributed by atoms with van der Waals surface area (Å²) in [5.41, 5.74) is 0.877. The first-order valence-corrected chi connectivity index (χ1v) is 7.26. The van der Waals surface area contributed by atoms with Gasteiger partial charge in [-0.2, -0.15) is 0 Å². The maximum absolute atomic E-state index is 11.7. The Morgan fingerprint density at radius 2 is 1.48 bits per heavy atom. The third-order valence-electron chi connectivity index (χ3n) is 3.72. The first-order valence-electron chi connectivity index (χ1n) is 7.26. The van der Waals surface area contributed by atoms with Crippen LogP contribution in [0.5, 0.6) is 23.0 Å². The van der Waals surface area contributed by atoms with Crippen LogP contribution in [-0.4, -0.2) is 43.3 Å². The quantitative estimate of drug-likeness (QED) is 0.775. The van der Waals surface area contributed by atoms with Gasteiger partial charge in [0.1, 0.15) is 11.3 Å². The number of phenolic OH excluding ortho intramolecular Hbond substituents is 1. The summed E-state index contributed by atoms with van der Waals surface area (Å²) in [7, 11) is 4.11. The van der Waals surface area contributed by atoms with E-state index in [4.69, 9.17) is 14.2 Å². The SMILES string of the molecule is COc1c(C(=O)O)cc(-c2ccc(O)c(C(C)=O)c2)c(OC)c1OC. The topological polar surface area (TPSA) is 102 Å². The van der Waals surface area contributed by atoms with Crippen molar-refractivity contribution in [3.63, 3.8) is 0 Å². The van der Waals surface area contributed by atoms with Crippen molar-refractivity contribution >= 4 is 11.8 Å². The number of carboxylic acids is 1. The molecule has 2 aromatic rings. The van der Waals surface area contributed by atoms with Gasteiger partial charge in [-0.15, -0.1) is 0 Å². The maximum atomic E-state index is 11.7. The van der Waals surface area contributed by atoms with Gasteiger partial charge in [0.15, 0.2) is 17.3 Å². The molecule has 0 aliphatic heterocycles. The average molecular weight is 346 g/mol. The number of carboxylic acid groups (broad SMARTS) is 1. The number of benzene rings is 2. The van der Waals surface area contributed by atoms with Gasteiger partial charge < -0.3 is 24.4 Å². The molecule has 2 aromatic carbocycles. The fraction of sp³-hybridized carbons (Fsp3) is 0.222. The van der Waals surface area contributed by atoms with Crippen molar-refractivity contribution in [3.05, 3.63) is 35.4 Å². The molecule has 0 amide bonds. The highest BCUT2D eigenvalue weighted by Crippen LogP contribution is 2.47. The Morgan fingerprint density at radius 3 is 1.96 bits per heavy atom. The molecule has 25 heavy (non-hydrogen) atoms. The van der Waals surface area contributed by atoms with Crippen LogP contribution in [-0.2, 0) is 0 Å². The van der Waals surface area contributed by atoms with Crippen LogP contribution in [0.4, 0.5) is 0 Å². The molecule has 7 nitrogen and oxygen atoms in total. The van der Waals surface area contributed by atoms with Gasteiger partial charge in [0.25, 0.3) is 0 Å². The number of ether oxygens (including phenoxy) is 3. The van der Waals surface area contributed by atoms with Crippen LogP contribution in [0.15, 0.2) is 24.3 Å². The number of rotatable bonds is 6.